The van der Waals surface area contributed by atoms with Crippen LogP contribution in [0, 0.1) is 5.82 Å². The van der Waals surface area contributed by atoms with Gasteiger partial charge in [-0.3, -0.25) is 0 Å². The first-order valence-corrected chi connectivity index (χ1v) is 11.9. The minimum atomic E-state index is -0.507. The average Bonchev–Trinajstić information content (AvgIpc) is 2.87. The first-order valence-electron chi connectivity index (χ1n) is 11.9. The molecule has 1 saturated carbocycles. The van der Waals surface area contributed by atoms with Crippen LogP contribution in [-0.2, 0) is 22.7 Å². The van der Waals surface area contributed by atoms with Gasteiger partial charge in [0.25, 0.3) is 0 Å². The lowest BCUT2D eigenvalue weighted by atomic mass is 9.83. The van der Waals surface area contributed by atoms with Crippen LogP contribution in [0.5, 0.6) is 0 Å². The lowest BCUT2D eigenvalue weighted by molar-refractivity contribution is -0.140. The van der Waals surface area contributed by atoms with E-state index in [4.69, 9.17) is 4.74 Å². The van der Waals surface area contributed by atoms with Gasteiger partial charge in [-0.05, 0) is 71.2 Å². The molecule has 3 aromatic carbocycles. The maximum atomic E-state index is 15.3. The second-order valence-electron chi connectivity index (χ2n) is 9.16. The molecule has 0 aromatic heterocycles. The highest BCUT2D eigenvalue weighted by molar-refractivity contribution is 5.87. The fourth-order valence-electron chi connectivity index (χ4n) is 4.69. The predicted octanol–water partition coefficient (Wildman–Crippen LogP) is 7.32. The lowest BCUT2D eigenvalue weighted by Crippen LogP contribution is -2.06. The molecule has 3 nitrogen and oxygen atoms in total. The van der Waals surface area contributed by atoms with Crippen molar-refractivity contribution in [3.8, 4) is 22.3 Å². The summed E-state index contributed by atoms with van der Waals surface area (Å²) in [7, 11) is 0. The number of carbonyl (C=O) groups is 1. The van der Waals surface area contributed by atoms with E-state index in [0.29, 0.717) is 33.7 Å². The first-order chi connectivity index (χ1) is 16.5. The SMILES string of the molecule is C=C(C)C(=O)OCc1cc(CO)ccc1-c1ccc(-c2ccc(C3CCCCC3)cc2)cc1F. The Kier molecular flexibility index (Phi) is 7.59. The van der Waals surface area contributed by atoms with Crippen molar-refractivity contribution in [1.82, 2.24) is 0 Å². The molecule has 0 amide bonds. The van der Waals surface area contributed by atoms with E-state index in [9.17, 15) is 9.90 Å². The summed E-state index contributed by atoms with van der Waals surface area (Å²) in [6.45, 7) is 4.99. The Morgan fingerprint density at radius 3 is 2.29 bits per heavy atom. The minimum Gasteiger partial charge on any atom is -0.457 e. The van der Waals surface area contributed by atoms with Gasteiger partial charge in [-0.1, -0.05) is 74.4 Å². The molecule has 4 rings (SSSR count). The Balaban J connectivity index is 1.59. The van der Waals surface area contributed by atoms with Crippen molar-refractivity contribution in [3.63, 3.8) is 0 Å². The van der Waals surface area contributed by atoms with Gasteiger partial charge in [-0.2, -0.15) is 0 Å². The fourth-order valence-corrected chi connectivity index (χ4v) is 4.69. The average molecular weight is 459 g/mol. The van der Waals surface area contributed by atoms with Crippen molar-refractivity contribution in [2.24, 2.45) is 0 Å². The number of aliphatic hydroxyl groups is 1. The molecule has 0 atom stereocenters. The molecule has 4 heteroatoms. The molecule has 0 heterocycles. The summed E-state index contributed by atoms with van der Waals surface area (Å²) in [6.07, 6.45) is 6.43. The molecular weight excluding hydrogens is 427 g/mol. The van der Waals surface area contributed by atoms with Crippen molar-refractivity contribution in [2.75, 3.05) is 0 Å². The molecule has 0 bridgehead atoms. The Morgan fingerprint density at radius 1 is 0.971 bits per heavy atom. The van der Waals surface area contributed by atoms with Crippen molar-refractivity contribution in [3.05, 3.63) is 95.3 Å². The highest BCUT2D eigenvalue weighted by Gasteiger charge is 2.17. The quantitative estimate of drug-likeness (QED) is 0.298. The van der Waals surface area contributed by atoms with Crippen molar-refractivity contribution < 1.29 is 19.0 Å². The zero-order valence-electron chi connectivity index (χ0n) is 19.6. The molecule has 1 aliphatic carbocycles. The van der Waals surface area contributed by atoms with Crippen molar-refractivity contribution >= 4 is 5.97 Å². The van der Waals surface area contributed by atoms with Crippen LogP contribution in [0.3, 0.4) is 0 Å². The number of hydrogen-bond acceptors (Lipinski definition) is 3. The number of aliphatic hydroxyl groups excluding tert-OH is 1. The van der Waals surface area contributed by atoms with Gasteiger partial charge in [0.2, 0.25) is 0 Å². The molecule has 0 radical (unpaired) electrons. The van der Waals surface area contributed by atoms with Crippen LogP contribution < -0.4 is 0 Å². The van der Waals surface area contributed by atoms with E-state index in [2.05, 4.69) is 30.8 Å². The Hall–Kier alpha value is -3.24. The van der Waals surface area contributed by atoms with Gasteiger partial charge in [0.05, 0.1) is 6.61 Å². The smallest absolute Gasteiger partial charge is 0.333 e. The zero-order valence-corrected chi connectivity index (χ0v) is 19.6. The summed E-state index contributed by atoms with van der Waals surface area (Å²) in [5, 5.41) is 9.51. The second kappa shape index (κ2) is 10.8. The predicted molar refractivity (Wildman–Crippen MR) is 134 cm³/mol. The summed E-state index contributed by atoms with van der Waals surface area (Å²) < 4.78 is 20.6. The van der Waals surface area contributed by atoms with E-state index in [-0.39, 0.29) is 19.0 Å². The van der Waals surface area contributed by atoms with Gasteiger partial charge < -0.3 is 9.84 Å². The fraction of sp³-hybridized carbons (Fsp3) is 0.300. The minimum absolute atomic E-state index is 0.0291. The standard InChI is InChI=1S/C30H31FO3/c1-20(2)30(33)34-19-26-16-21(18-32)8-14-27(26)28-15-13-25(17-29(28)31)24-11-9-23(10-12-24)22-6-4-3-5-7-22/h8-17,22,32H,1,3-7,18-19H2,2H3. The second-order valence-corrected chi connectivity index (χ2v) is 9.16. The molecule has 0 spiro atoms. The molecule has 1 N–H and O–H groups in total. The molecule has 34 heavy (non-hydrogen) atoms. The number of esters is 1. The van der Waals surface area contributed by atoms with Crippen molar-refractivity contribution in [2.45, 2.75) is 58.2 Å². The summed E-state index contributed by atoms with van der Waals surface area (Å²) in [5.41, 5.74) is 5.82. The molecule has 3 aromatic rings. The maximum absolute atomic E-state index is 15.3. The molecular formula is C30H31FO3. The number of carbonyl (C=O) groups excluding carboxylic acids is 1. The van der Waals surface area contributed by atoms with Gasteiger partial charge in [0.1, 0.15) is 12.4 Å². The van der Waals surface area contributed by atoms with Crippen LogP contribution in [0.25, 0.3) is 22.3 Å². The summed E-state index contributed by atoms with van der Waals surface area (Å²) in [4.78, 5) is 11.9. The van der Waals surface area contributed by atoms with Gasteiger partial charge in [0, 0.05) is 11.1 Å². The third-order valence-corrected chi connectivity index (χ3v) is 6.64. The highest BCUT2D eigenvalue weighted by Crippen LogP contribution is 2.35. The normalized spacial score (nSPS) is 14.1. The molecule has 1 fully saturated rings. The van der Waals surface area contributed by atoms with E-state index in [1.54, 1.807) is 37.3 Å². The van der Waals surface area contributed by atoms with Crippen LogP contribution in [0.15, 0.2) is 72.8 Å². The van der Waals surface area contributed by atoms with Crippen LogP contribution in [-0.4, -0.2) is 11.1 Å². The van der Waals surface area contributed by atoms with Gasteiger partial charge in [0.15, 0.2) is 0 Å². The van der Waals surface area contributed by atoms with E-state index in [1.165, 1.54) is 37.7 Å². The van der Waals surface area contributed by atoms with Crippen LogP contribution in [0.2, 0.25) is 0 Å². The Morgan fingerprint density at radius 2 is 1.65 bits per heavy atom. The zero-order chi connectivity index (χ0) is 24.1. The van der Waals surface area contributed by atoms with Crippen molar-refractivity contribution in [1.29, 1.82) is 0 Å². The van der Waals surface area contributed by atoms with Gasteiger partial charge >= 0.3 is 5.97 Å². The number of halogens is 1. The Bertz CT molecular complexity index is 1170. The van der Waals surface area contributed by atoms with Crippen LogP contribution in [0.1, 0.15) is 61.6 Å². The number of ether oxygens (including phenoxy) is 1. The maximum Gasteiger partial charge on any atom is 0.333 e. The molecule has 0 unspecified atom stereocenters. The van der Waals surface area contributed by atoms with E-state index in [0.717, 1.165) is 11.1 Å². The number of rotatable bonds is 7. The van der Waals surface area contributed by atoms with Crippen LogP contribution in [0.4, 0.5) is 4.39 Å². The highest BCUT2D eigenvalue weighted by atomic mass is 19.1. The lowest BCUT2D eigenvalue weighted by Gasteiger charge is -2.22. The Labute approximate surface area is 200 Å². The molecule has 1 aliphatic rings. The van der Waals surface area contributed by atoms with Crippen LogP contribution >= 0.6 is 0 Å². The molecule has 0 saturated heterocycles. The van der Waals surface area contributed by atoms with Gasteiger partial charge in [-0.25, -0.2) is 9.18 Å². The summed E-state index contributed by atoms with van der Waals surface area (Å²) in [6, 6.07) is 19.0. The third-order valence-electron chi connectivity index (χ3n) is 6.64. The van der Waals surface area contributed by atoms with E-state index in [1.807, 2.05) is 6.07 Å². The number of hydrogen-bond donors (Lipinski definition) is 1. The number of benzene rings is 3. The van der Waals surface area contributed by atoms with E-state index >= 15 is 4.39 Å². The molecule has 176 valence electrons. The summed E-state index contributed by atoms with van der Waals surface area (Å²) in [5.74, 6) is -0.216. The monoisotopic (exact) mass is 458 g/mol. The largest absolute Gasteiger partial charge is 0.457 e. The third kappa shape index (κ3) is 5.45. The topological polar surface area (TPSA) is 46.5 Å². The summed E-state index contributed by atoms with van der Waals surface area (Å²) >= 11 is 0. The molecule has 0 aliphatic heterocycles. The van der Waals surface area contributed by atoms with Gasteiger partial charge in [-0.15, -0.1) is 0 Å². The first kappa shape index (κ1) is 23.9. The van der Waals surface area contributed by atoms with E-state index < -0.39 is 5.97 Å².